The highest BCUT2D eigenvalue weighted by molar-refractivity contribution is 9.11. The van der Waals surface area contributed by atoms with E-state index in [0.717, 1.165) is 10.6 Å². The summed E-state index contributed by atoms with van der Waals surface area (Å²) in [6, 6.07) is 3.39. The van der Waals surface area contributed by atoms with Crippen LogP contribution in [-0.2, 0) is 4.79 Å². The van der Waals surface area contributed by atoms with E-state index in [-0.39, 0.29) is 0 Å². The highest BCUT2D eigenvalue weighted by atomic mass is 79.9. The number of halogens is 1. The van der Waals surface area contributed by atoms with Crippen LogP contribution in [0.2, 0.25) is 0 Å². The Balaban J connectivity index is 2.60. The second-order valence-electron chi connectivity index (χ2n) is 2.90. The molecule has 0 amide bonds. The summed E-state index contributed by atoms with van der Waals surface area (Å²) in [6.45, 7) is 4.00. The van der Waals surface area contributed by atoms with Crippen molar-refractivity contribution >= 4 is 28.0 Å². The lowest BCUT2D eigenvalue weighted by Crippen LogP contribution is -1.96. The van der Waals surface area contributed by atoms with Crippen LogP contribution in [0.5, 0.6) is 5.75 Å². The molecule has 1 heterocycles. The van der Waals surface area contributed by atoms with E-state index in [4.69, 9.17) is 9.84 Å². The maximum absolute atomic E-state index is 10.3. The van der Waals surface area contributed by atoms with Gasteiger partial charge >= 0.3 is 5.97 Å². The number of ether oxygens (including phenoxy) is 1. The fraction of sp³-hybridized carbons (Fsp3) is 0.0909. The van der Waals surface area contributed by atoms with Crippen LogP contribution in [0.25, 0.3) is 6.08 Å². The second-order valence-corrected chi connectivity index (χ2v) is 4.02. The molecule has 0 atom stereocenters. The van der Waals surface area contributed by atoms with Crippen molar-refractivity contribution < 1.29 is 14.6 Å². The molecule has 0 fully saturated rings. The molecule has 4 nitrogen and oxygen atoms in total. The van der Waals surface area contributed by atoms with Crippen molar-refractivity contribution in [3.05, 3.63) is 41.2 Å². The summed E-state index contributed by atoms with van der Waals surface area (Å²) < 4.78 is 6.04. The zero-order valence-electron chi connectivity index (χ0n) is 8.39. The zero-order valence-corrected chi connectivity index (χ0v) is 9.98. The van der Waals surface area contributed by atoms with E-state index in [1.807, 2.05) is 0 Å². The molecule has 0 aliphatic carbocycles. The molecule has 1 rings (SSSR count). The molecule has 1 N–H and O–H groups in total. The van der Waals surface area contributed by atoms with Crippen molar-refractivity contribution in [2.24, 2.45) is 0 Å². The van der Waals surface area contributed by atoms with Crippen molar-refractivity contribution in [2.75, 3.05) is 6.61 Å². The van der Waals surface area contributed by atoms with Gasteiger partial charge in [-0.25, -0.2) is 4.79 Å². The molecule has 0 aliphatic heterocycles. The van der Waals surface area contributed by atoms with Crippen LogP contribution < -0.4 is 4.74 Å². The van der Waals surface area contributed by atoms with Crippen molar-refractivity contribution in [3.8, 4) is 5.75 Å². The first kappa shape index (κ1) is 12.4. The molecule has 1 aromatic rings. The number of carbonyl (C=O) groups is 1. The largest absolute Gasteiger partial charge is 0.487 e. The van der Waals surface area contributed by atoms with E-state index in [1.54, 1.807) is 12.1 Å². The fourth-order valence-electron chi connectivity index (χ4n) is 0.894. The van der Waals surface area contributed by atoms with Crippen molar-refractivity contribution in [1.82, 2.24) is 4.98 Å². The summed E-state index contributed by atoms with van der Waals surface area (Å²) in [5.74, 6) is -0.397. The van der Waals surface area contributed by atoms with Gasteiger partial charge < -0.3 is 9.84 Å². The molecular weight excluding hydrogens is 274 g/mol. The molecule has 84 valence electrons. The quantitative estimate of drug-likeness (QED) is 0.844. The molecule has 0 aromatic carbocycles. The Morgan fingerprint density at radius 1 is 1.62 bits per heavy atom. The highest BCUT2D eigenvalue weighted by Crippen LogP contribution is 2.12. The lowest BCUT2D eigenvalue weighted by atomic mass is 10.3. The summed E-state index contributed by atoms with van der Waals surface area (Å²) in [6.07, 6.45) is 3.97. The number of aliphatic carboxylic acids is 1. The normalized spacial score (nSPS) is 10.3. The third kappa shape index (κ3) is 4.75. The van der Waals surface area contributed by atoms with Crippen LogP contribution in [0.1, 0.15) is 5.69 Å². The Labute approximate surface area is 101 Å². The van der Waals surface area contributed by atoms with Crippen LogP contribution in [0, 0.1) is 0 Å². The summed E-state index contributed by atoms with van der Waals surface area (Å²) in [5.41, 5.74) is 0.562. The molecule has 0 aliphatic rings. The standard InChI is InChI=1S/C11H10BrNO3/c1-8(12)7-16-10-4-2-9(13-6-10)3-5-11(14)15/h2-6H,1,7H2,(H,14,15). The molecular formula is C11H10BrNO3. The average Bonchev–Trinajstić information content (AvgIpc) is 2.25. The van der Waals surface area contributed by atoms with Crippen LogP contribution in [0.3, 0.4) is 0 Å². The monoisotopic (exact) mass is 283 g/mol. The topological polar surface area (TPSA) is 59.4 Å². The number of nitrogens with zero attached hydrogens (tertiary/aromatic N) is 1. The Morgan fingerprint density at radius 3 is 2.88 bits per heavy atom. The Morgan fingerprint density at radius 2 is 2.38 bits per heavy atom. The predicted octanol–water partition coefficient (Wildman–Crippen LogP) is 2.47. The van der Waals surface area contributed by atoms with Crippen LogP contribution in [0.15, 0.2) is 35.5 Å². The average molecular weight is 284 g/mol. The molecule has 5 heteroatoms. The van der Waals surface area contributed by atoms with E-state index in [2.05, 4.69) is 27.5 Å². The number of hydrogen-bond donors (Lipinski definition) is 1. The molecule has 0 unspecified atom stereocenters. The lowest BCUT2D eigenvalue weighted by Gasteiger charge is -2.03. The minimum atomic E-state index is -1.00. The summed E-state index contributed by atoms with van der Waals surface area (Å²) in [4.78, 5) is 14.3. The number of rotatable bonds is 5. The smallest absolute Gasteiger partial charge is 0.328 e. The van der Waals surface area contributed by atoms with Gasteiger partial charge in [-0.3, -0.25) is 4.98 Å². The molecule has 0 saturated heterocycles. The van der Waals surface area contributed by atoms with Crippen molar-refractivity contribution in [3.63, 3.8) is 0 Å². The predicted molar refractivity (Wildman–Crippen MR) is 64.5 cm³/mol. The van der Waals surface area contributed by atoms with Gasteiger partial charge in [-0.2, -0.15) is 0 Å². The summed E-state index contributed by atoms with van der Waals surface area (Å²) in [7, 11) is 0. The Kier molecular flexibility index (Phi) is 4.72. The first-order valence-corrected chi connectivity index (χ1v) is 5.20. The van der Waals surface area contributed by atoms with E-state index < -0.39 is 5.97 Å². The number of carboxylic acids is 1. The third-order valence-corrected chi connectivity index (χ3v) is 1.78. The van der Waals surface area contributed by atoms with E-state index in [1.165, 1.54) is 12.3 Å². The van der Waals surface area contributed by atoms with Gasteiger partial charge in [0.05, 0.1) is 11.9 Å². The van der Waals surface area contributed by atoms with Gasteiger partial charge in [0.25, 0.3) is 0 Å². The number of carboxylic acid groups (broad SMARTS) is 1. The van der Waals surface area contributed by atoms with E-state index >= 15 is 0 Å². The highest BCUT2D eigenvalue weighted by Gasteiger charge is 1.96. The van der Waals surface area contributed by atoms with Crippen molar-refractivity contribution in [2.45, 2.75) is 0 Å². The number of pyridine rings is 1. The van der Waals surface area contributed by atoms with Gasteiger partial charge in [-0.05, 0) is 18.2 Å². The van der Waals surface area contributed by atoms with Gasteiger partial charge in [0, 0.05) is 10.6 Å². The summed E-state index contributed by atoms with van der Waals surface area (Å²) >= 11 is 3.17. The van der Waals surface area contributed by atoms with E-state index in [9.17, 15) is 4.79 Å². The summed E-state index contributed by atoms with van der Waals surface area (Å²) in [5, 5.41) is 8.42. The van der Waals surface area contributed by atoms with Gasteiger partial charge in [-0.15, -0.1) is 0 Å². The van der Waals surface area contributed by atoms with E-state index in [0.29, 0.717) is 18.1 Å². The zero-order chi connectivity index (χ0) is 12.0. The Hall–Kier alpha value is -1.62. The minimum Gasteiger partial charge on any atom is -0.487 e. The maximum Gasteiger partial charge on any atom is 0.328 e. The number of aromatic nitrogens is 1. The third-order valence-electron chi connectivity index (χ3n) is 1.55. The SMILES string of the molecule is C=C(Br)COc1ccc(C=CC(=O)O)nc1. The molecule has 1 aromatic heterocycles. The van der Waals surface area contributed by atoms with Crippen molar-refractivity contribution in [1.29, 1.82) is 0 Å². The maximum atomic E-state index is 10.3. The van der Waals surface area contributed by atoms with Crippen LogP contribution in [-0.4, -0.2) is 22.7 Å². The van der Waals surface area contributed by atoms with Gasteiger partial charge in [0.1, 0.15) is 12.4 Å². The Bertz CT molecular complexity index is 412. The first-order valence-electron chi connectivity index (χ1n) is 4.41. The minimum absolute atomic E-state index is 0.367. The first-order chi connectivity index (χ1) is 7.58. The molecule has 16 heavy (non-hydrogen) atoms. The molecule has 0 bridgehead atoms. The van der Waals surface area contributed by atoms with Gasteiger partial charge in [0.2, 0.25) is 0 Å². The fourth-order valence-corrected chi connectivity index (χ4v) is 1.01. The van der Waals surface area contributed by atoms with Gasteiger partial charge in [0.15, 0.2) is 0 Å². The molecule has 0 saturated carbocycles. The lowest BCUT2D eigenvalue weighted by molar-refractivity contribution is -0.131. The number of hydrogen-bond acceptors (Lipinski definition) is 3. The van der Waals surface area contributed by atoms with Crippen LogP contribution >= 0.6 is 15.9 Å². The van der Waals surface area contributed by atoms with Crippen LogP contribution in [0.4, 0.5) is 0 Å². The van der Waals surface area contributed by atoms with Gasteiger partial charge in [-0.1, -0.05) is 22.5 Å². The molecule has 0 spiro atoms. The molecule has 0 radical (unpaired) electrons. The second kappa shape index (κ2) is 6.07.